The minimum atomic E-state index is -0.0370. The highest BCUT2D eigenvalue weighted by Gasteiger charge is 2.45. The van der Waals surface area contributed by atoms with E-state index in [-0.39, 0.29) is 24.2 Å². The van der Waals surface area contributed by atoms with Crippen molar-refractivity contribution in [1.82, 2.24) is 9.88 Å². The zero-order chi connectivity index (χ0) is 16.4. The summed E-state index contributed by atoms with van der Waals surface area (Å²) in [5.74, 6) is 0.111. The monoisotopic (exact) mass is 344 g/mol. The Morgan fingerprint density at radius 1 is 1.38 bits per heavy atom. The van der Waals surface area contributed by atoms with Crippen LogP contribution in [0.3, 0.4) is 0 Å². The molecule has 3 atom stereocenters. The average molecular weight is 344 g/mol. The molecule has 24 heavy (non-hydrogen) atoms. The molecule has 0 spiro atoms. The highest BCUT2D eigenvalue weighted by molar-refractivity contribution is 7.08. The van der Waals surface area contributed by atoms with Crippen LogP contribution in [0.5, 0.6) is 0 Å². The molecule has 5 nitrogen and oxygen atoms in total. The summed E-state index contributed by atoms with van der Waals surface area (Å²) in [5, 5.41) is 3.86. The smallest absolute Gasteiger partial charge is 0.255 e. The molecule has 1 saturated heterocycles. The van der Waals surface area contributed by atoms with Crippen LogP contribution in [0.2, 0.25) is 0 Å². The van der Waals surface area contributed by atoms with Crippen molar-refractivity contribution >= 4 is 17.2 Å². The second kappa shape index (κ2) is 7.01. The summed E-state index contributed by atoms with van der Waals surface area (Å²) < 4.78 is 12.0. The van der Waals surface area contributed by atoms with Crippen LogP contribution in [-0.4, -0.2) is 47.2 Å². The van der Waals surface area contributed by atoms with E-state index in [0.29, 0.717) is 19.8 Å². The van der Waals surface area contributed by atoms with Crippen molar-refractivity contribution in [3.8, 4) is 0 Å². The predicted molar refractivity (Wildman–Crippen MR) is 90.9 cm³/mol. The van der Waals surface area contributed by atoms with Crippen LogP contribution < -0.4 is 0 Å². The zero-order valence-electron chi connectivity index (χ0n) is 13.3. The molecule has 0 unspecified atom stereocenters. The number of carbonyl (C=O) groups excluding carboxylic acids is 1. The van der Waals surface area contributed by atoms with E-state index in [4.69, 9.17) is 9.47 Å². The quantitative estimate of drug-likeness (QED) is 0.856. The van der Waals surface area contributed by atoms with Gasteiger partial charge in [-0.1, -0.05) is 6.07 Å². The summed E-state index contributed by atoms with van der Waals surface area (Å²) >= 11 is 1.55. The van der Waals surface area contributed by atoms with Gasteiger partial charge in [-0.25, -0.2) is 0 Å². The Hall–Kier alpha value is -1.76. The number of thiophene rings is 1. The summed E-state index contributed by atoms with van der Waals surface area (Å²) in [5.41, 5.74) is 1.70. The van der Waals surface area contributed by atoms with Gasteiger partial charge in [0.1, 0.15) is 6.10 Å². The van der Waals surface area contributed by atoms with E-state index in [9.17, 15) is 4.79 Å². The molecule has 6 heteroatoms. The van der Waals surface area contributed by atoms with E-state index in [2.05, 4.69) is 4.98 Å². The third kappa shape index (κ3) is 3.09. The maximum Gasteiger partial charge on any atom is 0.255 e. The normalized spacial score (nSPS) is 26.3. The minimum Gasteiger partial charge on any atom is -0.372 e. The van der Waals surface area contributed by atoms with Crippen LogP contribution in [0.1, 0.15) is 28.9 Å². The maximum absolute atomic E-state index is 12.7. The number of pyridine rings is 1. The van der Waals surface area contributed by atoms with Gasteiger partial charge in [0, 0.05) is 18.1 Å². The molecule has 4 rings (SSSR count). The number of fused-ring (bicyclic) bond motifs is 1. The van der Waals surface area contributed by atoms with Crippen molar-refractivity contribution < 1.29 is 14.3 Å². The van der Waals surface area contributed by atoms with Gasteiger partial charge in [0.05, 0.1) is 36.6 Å². The van der Waals surface area contributed by atoms with Gasteiger partial charge in [-0.3, -0.25) is 9.78 Å². The summed E-state index contributed by atoms with van der Waals surface area (Å²) in [6.45, 7) is 1.71. The molecular formula is C18H20N2O3S. The van der Waals surface area contributed by atoms with Gasteiger partial charge in [-0.15, -0.1) is 0 Å². The number of carbonyl (C=O) groups is 1. The van der Waals surface area contributed by atoms with Gasteiger partial charge in [-0.05, 0) is 36.4 Å². The van der Waals surface area contributed by atoms with Crippen LogP contribution >= 0.6 is 11.3 Å². The van der Waals surface area contributed by atoms with Crippen LogP contribution in [0, 0.1) is 0 Å². The van der Waals surface area contributed by atoms with Crippen molar-refractivity contribution in [3.05, 3.63) is 52.5 Å². The molecule has 1 aliphatic heterocycles. The first-order valence-electron chi connectivity index (χ1n) is 8.29. The fourth-order valence-corrected chi connectivity index (χ4v) is 4.20. The Morgan fingerprint density at radius 2 is 2.33 bits per heavy atom. The molecule has 2 aromatic heterocycles. The first-order valence-corrected chi connectivity index (χ1v) is 9.23. The first kappa shape index (κ1) is 15.7. The van der Waals surface area contributed by atoms with E-state index >= 15 is 0 Å². The Kier molecular flexibility index (Phi) is 4.60. The van der Waals surface area contributed by atoms with Gasteiger partial charge in [0.15, 0.2) is 0 Å². The van der Waals surface area contributed by atoms with Crippen molar-refractivity contribution in [1.29, 1.82) is 0 Å². The maximum atomic E-state index is 12.7. The molecular weight excluding hydrogens is 324 g/mol. The molecule has 126 valence electrons. The zero-order valence-corrected chi connectivity index (χ0v) is 14.2. The number of hydrogen-bond acceptors (Lipinski definition) is 5. The van der Waals surface area contributed by atoms with E-state index < -0.39 is 0 Å². The van der Waals surface area contributed by atoms with Crippen LogP contribution in [0.25, 0.3) is 0 Å². The van der Waals surface area contributed by atoms with Crippen LogP contribution in [0.4, 0.5) is 0 Å². The molecule has 1 amide bonds. The lowest BCUT2D eigenvalue weighted by Gasteiger charge is -2.39. The highest BCUT2D eigenvalue weighted by Crippen LogP contribution is 2.33. The number of amides is 1. The lowest BCUT2D eigenvalue weighted by Crippen LogP contribution is -2.53. The summed E-state index contributed by atoms with van der Waals surface area (Å²) in [6, 6.07) is 7.82. The van der Waals surface area contributed by atoms with E-state index in [1.54, 1.807) is 17.5 Å². The second-order valence-corrected chi connectivity index (χ2v) is 6.94. The fraction of sp³-hybridized carbons (Fsp3) is 0.444. The third-order valence-corrected chi connectivity index (χ3v) is 5.42. The number of ether oxygens (including phenoxy) is 2. The third-order valence-electron chi connectivity index (χ3n) is 4.74. The van der Waals surface area contributed by atoms with E-state index in [1.807, 2.05) is 39.9 Å². The number of morpholine rings is 1. The molecule has 2 aliphatic rings. The van der Waals surface area contributed by atoms with Gasteiger partial charge in [0.25, 0.3) is 5.91 Å². The summed E-state index contributed by atoms with van der Waals surface area (Å²) in [6.07, 6.45) is 3.59. The Morgan fingerprint density at radius 3 is 3.12 bits per heavy atom. The highest BCUT2D eigenvalue weighted by atomic mass is 32.1. The van der Waals surface area contributed by atoms with Gasteiger partial charge >= 0.3 is 0 Å². The molecule has 3 heterocycles. The average Bonchev–Trinajstić information content (AvgIpc) is 3.30. The van der Waals surface area contributed by atoms with Crippen LogP contribution in [-0.2, 0) is 16.1 Å². The second-order valence-electron chi connectivity index (χ2n) is 6.16. The Labute approximate surface area is 145 Å². The van der Waals surface area contributed by atoms with Gasteiger partial charge in [-0.2, -0.15) is 11.3 Å². The molecule has 2 fully saturated rings. The standard InChI is InChI=1S/C18H20N2O3S/c21-18(13-6-10-24-12-13)20-8-9-22-17-15(20)4-5-16(17)23-11-14-3-1-2-7-19-14/h1-3,6-7,10,12,15-17H,4-5,8-9,11H2/t15-,16-,17+/m0/s1. The molecule has 1 saturated carbocycles. The summed E-state index contributed by atoms with van der Waals surface area (Å²) in [7, 11) is 0. The lowest BCUT2D eigenvalue weighted by molar-refractivity contribution is -0.109. The molecule has 0 aromatic carbocycles. The van der Waals surface area contributed by atoms with Crippen molar-refractivity contribution in [2.75, 3.05) is 13.2 Å². The predicted octanol–water partition coefficient (Wildman–Crippen LogP) is 2.73. The summed E-state index contributed by atoms with van der Waals surface area (Å²) in [4.78, 5) is 19.0. The fourth-order valence-electron chi connectivity index (χ4n) is 3.57. The van der Waals surface area contributed by atoms with Gasteiger partial charge in [0.2, 0.25) is 0 Å². The first-order chi connectivity index (χ1) is 11.8. The van der Waals surface area contributed by atoms with E-state index in [1.165, 1.54) is 0 Å². The Balaban J connectivity index is 1.42. The van der Waals surface area contributed by atoms with Crippen molar-refractivity contribution in [3.63, 3.8) is 0 Å². The van der Waals surface area contributed by atoms with Gasteiger partial charge < -0.3 is 14.4 Å². The van der Waals surface area contributed by atoms with E-state index in [0.717, 1.165) is 24.1 Å². The number of hydrogen-bond donors (Lipinski definition) is 0. The molecule has 2 aromatic rings. The molecule has 1 aliphatic carbocycles. The van der Waals surface area contributed by atoms with Crippen molar-refractivity contribution in [2.24, 2.45) is 0 Å². The molecule has 0 bridgehead atoms. The van der Waals surface area contributed by atoms with Crippen molar-refractivity contribution in [2.45, 2.75) is 37.7 Å². The minimum absolute atomic E-state index is 0.0232. The number of rotatable bonds is 4. The van der Waals surface area contributed by atoms with Crippen LogP contribution in [0.15, 0.2) is 41.2 Å². The molecule has 0 N–H and O–H groups in total. The topological polar surface area (TPSA) is 51.7 Å². The SMILES string of the molecule is O=C(c1ccsc1)N1CCO[C@H]2[C@@H](OCc3ccccn3)CC[C@@H]21. The largest absolute Gasteiger partial charge is 0.372 e. The lowest BCUT2D eigenvalue weighted by atomic mass is 10.1. The number of aromatic nitrogens is 1. The Bertz CT molecular complexity index is 677. The number of nitrogens with zero attached hydrogens (tertiary/aromatic N) is 2. The molecule has 0 radical (unpaired) electrons.